The first kappa shape index (κ1) is 33.4. The van der Waals surface area contributed by atoms with Crippen LogP contribution >= 0.6 is 21.6 Å². The zero-order valence-electron chi connectivity index (χ0n) is 26.1. The van der Waals surface area contributed by atoms with Crippen LogP contribution in [0.25, 0.3) is 18.2 Å². The summed E-state index contributed by atoms with van der Waals surface area (Å²) in [5.74, 6) is 1.69. The third kappa shape index (κ3) is 10.0. The minimum absolute atomic E-state index is 0.168. The molecule has 3 aromatic rings. The minimum Gasteiger partial charge on any atom is -0.374 e. The standard InChI is InChI=1S/C36H43F2N4S2/c1-5-41-21-19-31(27-35(41)37)9-7-29-11-15-33(16-12-29)39(3)23-25-43-44-26-24-40(4)34-17-13-30(14-18-34)8-10-32-20-22-42(6-2)36(38)28-32/h7-21,27-28H,5-6,22-26H2,1-4H3/q+1/b10-8+. The van der Waals surface area contributed by atoms with Gasteiger partial charge in [-0.1, -0.05) is 76.2 Å². The third-order valence-electron chi connectivity index (χ3n) is 7.57. The molecule has 1 aliphatic rings. The topological polar surface area (TPSA) is 13.6 Å². The summed E-state index contributed by atoms with van der Waals surface area (Å²) in [7, 11) is 8.06. The Hall–Kier alpha value is -3.49. The molecule has 1 aliphatic heterocycles. The van der Waals surface area contributed by atoms with Crippen LogP contribution in [0.4, 0.5) is 20.2 Å². The molecule has 1 aromatic heterocycles. The molecule has 0 aliphatic carbocycles. The number of halogens is 2. The number of allylic oxidation sites excluding steroid dienone is 3. The van der Waals surface area contributed by atoms with Gasteiger partial charge in [0.25, 0.3) is 0 Å². The molecule has 0 unspecified atom stereocenters. The first-order valence-electron chi connectivity index (χ1n) is 15.1. The summed E-state index contributed by atoms with van der Waals surface area (Å²) in [6.07, 6.45) is 13.4. The zero-order valence-corrected chi connectivity index (χ0v) is 27.8. The number of rotatable bonds is 15. The van der Waals surface area contributed by atoms with E-state index in [0.29, 0.717) is 19.6 Å². The first-order valence-corrected chi connectivity index (χ1v) is 17.6. The quantitative estimate of drug-likeness (QED) is 0.0547. The van der Waals surface area contributed by atoms with Crippen LogP contribution in [0, 0.1) is 5.95 Å². The largest absolute Gasteiger partial charge is 0.374 e. The highest BCUT2D eigenvalue weighted by Gasteiger charge is 2.10. The van der Waals surface area contributed by atoms with Crippen molar-refractivity contribution in [1.82, 2.24) is 4.90 Å². The summed E-state index contributed by atoms with van der Waals surface area (Å²) >= 11 is 0. The molecule has 0 bridgehead atoms. The summed E-state index contributed by atoms with van der Waals surface area (Å²) in [5.41, 5.74) is 6.32. The summed E-state index contributed by atoms with van der Waals surface area (Å²) in [6, 6.07) is 20.4. The van der Waals surface area contributed by atoms with Crippen molar-refractivity contribution >= 4 is 51.2 Å². The molecule has 0 fully saturated rings. The van der Waals surface area contributed by atoms with Gasteiger partial charge in [0, 0.05) is 75.3 Å². The fraction of sp³-hybridized carbons (Fsp3) is 0.306. The van der Waals surface area contributed by atoms with E-state index in [9.17, 15) is 8.78 Å². The number of aromatic nitrogens is 1. The van der Waals surface area contributed by atoms with Gasteiger partial charge in [0.15, 0.2) is 12.1 Å². The van der Waals surface area contributed by atoms with Crippen molar-refractivity contribution in [1.29, 1.82) is 0 Å². The number of hydrogen-bond donors (Lipinski definition) is 0. The highest BCUT2D eigenvalue weighted by Crippen LogP contribution is 2.24. The second kappa shape index (κ2) is 17.1. The molecular formula is C36H43F2N4S2+. The van der Waals surface area contributed by atoms with Crippen molar-refractivity contribution in [2.45, 2.75) is 20.4 Å². The Bertz CT molecular complexity index is 1470. The smallest absolute Gasteiger partial charge is 0.360 e. The average Bonchev–Trinajstić information content (AvgIpc) is 3.04. The van der Waals surface area contributed by atoms with E-state index in [4.69, 9.17) is 0 Å². The maximum Gasteiger partial charge on any atom is 0.360 e. The second-order valence-corrected chi connectivity index (χ2v) is 13.3. The average molecular weight is 634 g/mol. The van der Waals surface area contributed by atoms with Crippen LogP contribution in [-0.2, 0) is 6.54 Å². The Morgan fingerprint density at radius 1 is 0.773 bits per heavy atom. The molecule has 0 N–H and O–H groups in total. The van der Waals surface area contributed by atoms with Gasteiger partial charge in [-0.15, -0.1) is 4.39 Å². The van der Waals surface area contributed by atoms with Crippen LogP contribution in [0.15, 0.2) is 96.6 Å². The molecule has 0 saturated carbocycles. The Morgan fingerprint density at radius 3 is 1.82 bits per heavy atom. The molecule has 4 rings (SSSR count). The second-order valence-electron chi connectivity index (χ2n) is 10.6. The lowest BCUT2D eigenvalue weighted by Crippen LogP contribution is -2.36. The maximum atomic E-state index is 14.0. The van der Waals surface area contributed by atoms with Gasteiger partial charge in [-0.25, -0.2) is 0 Å². The van der Waals surface area contributed by atoms with Crippen molar-refractivity contribution in [2.75, 3.05) is 61.6 Å². The summed E-state index contributed by atoms with van der Waals surface area (Å²) < 4.78 is 29.6. The Kier molecular flexibility index (Phi) is 13.0. The van der Waals surface area contributed by atoms with E-state index in [1.165, 1.54) is 11.4 Å². The van der Waals surface area contributed by atoms with E-state index in [-0.39, 0.29) is 11.9 Å². The number of aryl methyl sites for hydroxylation is 1. The molecule has 0 radical (unpaired) electrons. The molecule has 0 spiro atoms. The van der Waals surface area contributed by atoms with Crippen LogP contribution in [-0.4, -0.2) is 56.7 Å². The number of pyridine rings is 1. The molecule has 232 valence electrons. The Morgan fingerprint density at radius 2 is 1.32 bits per heavy atom. The zero-order chi connectivity index (χ0) is 31.3. The molecule has 44 heavy (non-hydrogen) atoms. The summed E-state index contributed by atoms with van der Waals surface area (Å²) in [4.78, 5) is 6.26. The fourth-order valence-corrected chi connectivity index (χ4v) is 6.74. The van der Waals surface area contributed by atoms with Crippen LogP contribution in [0.2, 0.25) is 0 Å². The number of hydrogen-bond acceptors (Lipinski definition) is 5. The van der Waals surface area contributed by atoms with Gasteiger partial charge in [0.05, 0.1) is 0 Å². The minimum atomic E-state index is -0.223. The van der Waals surface area contributed by atoms with Crippen molar-refractivity contribution in [3.8, 4) is 0 Å². The van der Waals surface area contributed by atoms with Gasteiger partial charge >= 0.3 is 5.95 Å². The number of likely N-dealkylation sites (N-methyl/N-ethyl adjacent to an activating group) is 1. The van der Waals surface area contributed by atoms with Crippen molar-refractivity contribution in [3.63, 3.8) is 0 Å². The van der Waals surface area contributed by atoms with Crippen molar-refractivity contribution in [3.05, 3.63) is 119 Å². The van der Waals surface area contributed by atoms with E-state index >= 15 is 0 Å². The van der Waals surface area contributed by atoms with Crippen molar-refractivity contribution < 1.29 is 13.3 Å². The SMILES string of the molecule is CCN1CC=C(/C=C/c2ccc(N(C)CCSSCCN(C)c3ccc(/C=C/c4cc[n+](CC)c(F)c4)cc3)cc2)C=C1F. The molecule has 2 heterocycles. The Balaban J connectivity index is 1.12. The van der Waals surface area contributed by atoms with E-state index in [2.05, 4.69) is 72.4 Å². The molecule has 4 nitrogen and oxygen atoms in total. The fourth-order valence-electron chi connectivity index (χ4n) is 4.65. The third-order valence-corrected chi connectivity index (χ3v) is 9.94. The van der Waals surface area contributed by atoms with Gasteiger partial charge in [-0.2, -0.15) is 8.96 Å². The predicted octanol–water partition coefficient (Wildman–Crippen LogP) is 8.34. The summed E-state index contributed by atoms with van der Waals surface area (Å²) in [6.45, 7) is 7.73. The van der Waals surface area contributed by atoms with Gasteiger partial charge in [-0.3, -0.25) is 0 Å². The lowest BCUT2D eigenvalue weighted by Gasteiger charge is -2.22. The van der Waals surface area contributed by atoms with E-state index < -0.39 is 0 Å². The van der Waals surface area contributed by atoms with Crippen LogP contribution in [0.1, 0.15) is 30.5 Å². The lowest BCUT2D eigenvalue weighted by molar-refractivity contribution is -0.720. The van der Waals surface area contributed by atoms with Crippen LogP contribution in [0.5, 0.6) is 0 Å². The van der Waals surface area contributed by atoms with Gasteiger partial charge in [0.2, 0.25) is 0 Å². The number of benzene rings is 2. The van der Waals surface area contributed by atoms with E-state index in [1.54, 1.807) is 27.8 Å². The maximum absolute atomic E-state index is 14.0. The molecule has 0 saturated heterocycles. The van der Waals surface area contributed by atoms with Gasteiger partial charge in [-0.05, 0) is 66.5 Å². The highest BCUT2D eigenvalue weighted by atomic mass is 33.1. The van der Waals surface area contributed by atoms with Crippen LogP contribution in [0.3, 0.4) is 0 Å². The van der Waals surface area contributed by atoms with E-state index in [0.717, 1.165) is 46.9 Å². The normalized spacial score (nSPS) is 13.5. The van der Waals surface area contributed by atoms with Crippen molar-refractivity contribution in [2.24, 2.45) is 0 Å². The highest BCUT2D eigenvalue weighted by molar-refractivity contribution is 8.76. The Labute approximate surface area is 269 Å². The molecule has 8 heteroatoms. The van der Waals surface area contributed by atoms with Gasteiger partial charge < -0.3 is 14.7 Å². The first-order chi connectivity index (χ1) is 21.4. The lowest BCUT2D eigenvalue weighted by atomic mass is 10.1. The molecule has 2 aromatic carbocycles. The van der Waals surface area contributed by atoms with Crippen LogP contribution < -0.4 is 14.4 Å². The molecule has 0 amide bonds. The summed E-state index contributed by atoms with van der Waals surface area (Å²) in [5, 5.41) is 0. The predicted molar refractivity (Wildman–Crippen MR) is 189 cm³/mol. The monoisotopic (exact) mass is 633 g/mol. The number of anilines is 2. The molecular weight excluding hydrogens is 591 g/mol. The number of nitrogens with zero attached hydrogens (tertiary/aromatic N) is 4. The van der Waals surface area contributed by atoms with Gasteiger partial charge in [0.1, 0.15) is 6.54 Å². The molecule has 0 atom stereocenters. The van der Waals surface area contributed by atoms with E-state index in [1.807, 2.05) is 71.9 Å².